The van der Waals surface area contributed by atoms with Gasteiger partial charge in [-0.25, -0.2) is 8.42 Å². The van der Waals surface area contributed by atoms with E-state index in [1.165, 1.54) is 11.3 Å². The number of benzene rings is 2. The molecule has 1 aromatic heterocycles. The molecule has 0 fully saturated rings. The largest absolute Gasteiger partial charge is 0.345 e. The average molecular weight is 374 g/mol. The summed E-state index contributed by atoms with van der Waals surface area (Å²) >= 11 is 1.46. The van der Waals surface area contributed by atoms with Crippen molar-refractivity contribution in [1.29, 1.82) is 0 Å². The highest BCUT2D eigenvalue weighted by Crippen LogP contribution is 2.26. The fourth-order valence-electron chi connectivity index (χ4n) is 2.50. The summed E-state index contributed by atoms with van der Waals surface area (Å²) in [6.07, 6.45) is 1.11. The molecular formula is C18H18N2O3S2. The van der Waals surface area contributed by atoms with Gasteiger partial charge in [-0.15, -0.1) is 11.3 Å². The lowest BCUT2D eigenvalue weighted by molar-refractivity contribution is 0.0944. The Labute approximate surface area is 150 Å². The summed E-state index contributed by atoms with van der Waals surface area (Å²) in [5.41, 5.74) is 1.39. The third kappa shape index (κ3) is 4.37. The maximum absolute atomic E-state index is 12.5. The van der Waals surface area contributed by atoms with Gasteiger partial charge in [-0.2, -0.15) is 0 Å². The van der Waals surface area contributed by atoms with Gasteiger partial charge in [-0.3, -0.25) is 9.52 Å². The second-order valence-electron chi connectivity index (χ2n) is 5.84. The lowest BCUT2D eigenvalue weighted by Crippen LogP contribution is -2.25. The van der Waals surface area contributed by atoms with E-state index in [9.17, 15) is 13.2 Å². The number of nitrogens with one attached hydrogen (secondary N) is 2. The standard InChI is InChI=1S/C18H18N2O3S2/c1-12(13-7-9-15(10-8-13)20-25(2,22)23)19-18(21)17-11-14-5-3-4-6-16(14)24-17/h3-12,20H,1-2H3,(H,19,21). The Hall–Kier alpha value is -2.38. The van der Waals surface area contributed by atoms with Crippen LogP contribution in [0.2, 0.25) is 0 Å². The molecule has 130 valence electrons. The zero-order chi connectivity index (χ0) is 18.0. The minimum atomic E-state index is -3.30. The number of hydrogen-bond acceptors (Lipinski definition) is 4. The van der Waals surface area contributed by atoms with Gasteiger partial charge in [0.2, 0.25) is 10.0 Å². The van der Waals surface area contributed by atoms with Gasteiger partial charge >= 0.3 is 0 Å². The SMILES string of the molecule is CC(NC(=O)c1cc2ccccc2s1)c1ccc(NS(C)(=O)=O)cc1. The second-order valence-corrected chi connectivity index (χ2v) is 8.67. The van der Waals surface area contributed by atoms with Gasteiger partial charge in [0.1, 0.15) is 0 Å². The minimum absolute atomic E-state index is 0.118. The topological polar surface area (TPSA) is 75.3 Å². The number of rotatable bonds is 5. The fourth-order valence-corrected chi connectivity index (χ4v) is 4.03. The summed E-state index contributed by atoms with van der Waals surface area (Å²) in [5.74, 6) is -0.118. The molecule has 3 rings (SSSR count). The van der Waals surface area contributed by atoms with E-state index < -0.39 is 10.0 Å². The highest BCUT2D eigenvalue weighted by atomic mass is 32.2. The Bertz CT molecular complexity index is 975. The maximum atomic E-state index is 12.5. The Balaban J connectivity index is 1.70. The van der Waals surface area contributed by atoms with Crippen LogP contribution in [-0.2, 0) is 10.0 Å². The highest BCUT2D eigenvalue weighted by molar-refractivity contribution is 7.92. The number of thiophene rings is 1. The second kappa shape index (κ2) is 6.85. The van der Waals surface area contributed by atoms with Crippen LogP contribution in [0.1, 0.15) is 28.2 Å². The van der Waals surface area contributed by atoms with Gasteiger partial charge in [0, 0.05) is 10.4 Å². The van der Waals surface area contributed by atoms with Crippen LogP contribution in [0.15, 0.2) is 54.6 Å². The lowest BCUT2D eigenvalue weighted by atomic mass is 10.1. The van der Waals surface area contributed by atoms with Crippen molar-refractivity contribution in [2.75, 3.05) is 11.0 Å². The van der Waals surface area contributed by atoms with E-state index in [2.05, 4.69) is 10.0 Å². The van der Waals surface area contributed by atoms with E-state index in [-0.39, 0.29) is 11.9 Å². The summed E-state index contributed by atoms with van der Waals surface area (Å²) in [4.78, 5) is 13.1. The summed E-state index contributed by atoms with van der Waals surface area (Å²) in [6.45, 7) is 1.89. The van der Waals surface area contributed by atoms with Crippen molar-refractivity contribution >= 4 is 43.0 Å². The van der Waals surface area contributed by atoms with Crippen LogP contribution in [0.3, 0.4) is 0 Å². The first kappa shape index (κ1) is 17.4. The molecule has 1 atom stereocenters. The molecule has 0 bridgehead atoms. The van der Waals surface area contributed by atoms with E-state index in [0.29, 0.717) is 10.6 Å². The van der Waals surface area contributed by atoms with Crippen molar-refractivity contribution in [2.45, 2.75) is 13.0 Å². The van der Waals surface area contributed by atoms with Crippen molar-refractivity contribution < 1.29 is 13.2 Å². The first-order valence-electron chi connectivity index (χ1n) is 7.69. The lowest BCUT2D eigenvalue weighted by Gasteiger charge is -2.14. The Morgan fingerprint density at radius 3 is 2.40 bits per heavy atom. The van der Waals surface area contributed by atoms with Crippen molar-refractivity contribution in [2.24, 2.45) is 0 Å². The molecular weight excluding hydrogens is 356 g/mol. The number of sulfonamides is 1. The minimum Gasteiger partial charge on any atom is -0.345 e. The summed E-state index contributed by atoms with van der Waals surface area (Å²) in [6, 6.07) is 16.5. The predicted molar refractivity (Wildman–Crippen MR) is 103 cm³/mol. The van der Waals surface area contributed by atoms with Gasteiger partial charge in [0.05, 0.1) is 17.2 Å². The van der Waals surface area contributed by atoms with Crippen LogP contribution in [0.25, 0.3) is 10.1 Å². The van der Waals surface area contributed by atoms with Crippen molar-refractivity contribution in [3.8, 4) is 0 Å². The summed E-state index contributed by atoms with van der Waals surface area (Å²) < 4.78 is 26.0. The van der Waals surface area contributed by atoms with Crippen LogP contribution in [0.4, 0.5) is 5.69 Å². The molecule has 0 radical (unpaired) electrons. The molecule has 0 saturated heterocycles. The van der Waals surface area contributed by atoms with E-state index in [0.717, 1.165) is 21.9 Å². The molecule has 2 aromatic carbocycles. The van der Waals surface area contributed by atoms with Crippen LogP contribution in [0, 0.1) is 0 Å². The van der Waals surface area contributed by atoms with Crippen molar-refractivity contribution in [3.05, 3.63) is 65.0 Å². The molecule has 0 aliphatic carbocycles. The Kier molecular flexibility index (Phi) is 4.78. The van der Waals surface area contributed by atoms with Gasteiger partial charge in [-0.05, 0) is 42.1 Å². The molecule has 25 heavy (non-hydrogen) atoms. The van der Waals surface area contributed by atoms with E-state index in [1.54, 1.807) is 24.3 Å². The maximum Gasteiger partial charge on any atom is 0.261 e. The monoisotopic (exact) mass is 374 g/mol. The molecule has 2 N–H and O–H groups in total. The van der Waals surface area contributed by atoms with E-state index >= 15 is 0 Å². The van der Waals surface area contributed by atoms with E-state index in [4.69, 9.17) is 0 Å². The molecule has 3 aromatic rings. The summed E-state index contributed by atoms with van der Waals surface area (Å²) in [7, 11) is -3.30. The smallest absolute Gasteiger partial charge is 0.261 e. The number of carbonyl (C=O) groups is 1. The number of fused-ring (bicyclic) bond motifs is 1. The number of hydrogen-bond donors (Lipinski definition) is 2. The van der Waals surface area contributed by atoms with Gasteiger partial charge < -0.3 is 5.32 Å². The van der Waals surface area contributed by atoms with Crippen molar-refractivity contribution in [3.63, 3.8) is 0 Å². The van der Waals surface area contributed by atoms with Crippen LogP contribution < -0.4 is 10.0 Å². The quantitative estimate of drug-likeness (QED) is 0.714. The molecule has 0 saturated carbocycles. The zero-order valence-electron chi connectivity index (χ0n) is 13.8. The zero-order valence-corrected chi connectivity index (χ0v) is 15.4. The molecule has 0 spiro atoms. The average Bonchev–Trinajstić information content (AvgIpc) is 2.98. The first-order valence-corrected chi connectivity index (χ1v) is 10.4. The van der Waals surface area contributed by atoms with E-state index in [1.807, 2.05) is 37.3 Å². The van der Waals surface area contributed by atoms with Gasteiger partial charge in [-0.1, -0.05) is 30.3 Å². The van der Waals surface area contributed by atoms with Crippen LogP contribution in [0.5, 0.6) is 0 Å². The fraction of sp³-hybridized carbons (Fsp3) is 0.167. The third-order valence-electron chi connectivity index (χ3n) is 3.71. The normalized spacial score (nSPS) is 12.7. The molecule has 0 aliphatic rings. The Morgan fingerprint density at radius 2 is 1.76 bits per heavy atom. The molecule has 1 amide bonds. The predicted octanol–water partition coefficient (Wildman–Crippen LogP) is 3.76. The molecule has 5 nitrogen and oxygen atoms in total. The van der Waals surface area contributed by atoms with Crippen molar-refractivity contribution in [1.82, 2.24) is 5.32 Å². The molecule has 1 unspecified atom stereocenters. The van der Waals surface area contributed by atoms with Crippen LogP contribution in [-0.4, -0.2) is 20.6 Å². The Morgan fingerprint density at radius 1 is 1.08 bits per heavy atom. The molecule has 7 heteroatoms. The number of amides is 1. The summed E-state index contributed by atoms with van der Waals surface area (Å²) in [5, 5.41) is 4.03. The van der Waals surface area contributed by atoms with Gasteiger partial charge in [0.25, 0.3) is 5.91 Å². The first-order chi connectivity index (χ1) is 11.8. The molecule has 0 aliphatic heterocycles. The van der Waals surface area contributed by atoms with Crippen LogP contribution >= 0.6 is 11.3 Å². The number of carbonyl (C=O) groups excluding carboxylic acids is 1. The third-order valence-corrected chi connectivity index (χ3v) is 5.43. The van der Waals surface area contributed by atoms with Gasteiger partial charge in [0.15, 0.2) is 0 Å². The highest BCUT2D eigenvalue weighted by Gasteiger charge is 2.14. The molecule has 1 heterocycles. The number of anilines is 1.